The Hall–Kier alpha value is -4.61. The number of nitrogens with one attached hydrogen (secondary N) is 3. The number of amides is 4. The lowest BCUT2D eigenvalue weighted by Gasteiger charge is -2.32. The highest BCUT2D eigenvalue weighted by Crippen LogP contribution is 2.36. The molecule has 3 heterocycles. The quantitative estimate of drug-likeness (QED) is 0.258. The molecule has 3 aliphatic rings. The number of carbonyl (C=O) groups excluding carboxylic acids is 5. The maximum Gasteiger partial charge on any atom is 0.407 e. The molecule has 1 fully saturated rings. The van der Waals surface area contributed by atoms with Crippen LogP contribution in [-0.2, 0) is 41.7 Å². The van der Waals surface area contributed by atoms with Gasteiger partial charge in [-0.3, -0.25) is 19.2 Å². The minimum absolute atomic E-state index is 0.163. The molecular formula is C36H48N4O8. The Morgan fingerprint density at radius 1 is 0.958 bits per heavy atom. The van der Waals surface area contributed by atoms with Crippen LogP contribution in [0.15, 0.2) is 54.6 Å². The highest BCUT2D eigenvalue weighted by molar-refractivity contribution is 5.94. The van der Waals surface area contributed by atoms with Gasteiger partial charge < -0.3 is 35.1 Å². The molecule has 3 aliphatic heterocycles. The molecule has 12 nitrogen and oxygen atoms in total. The molecule has 5 rings (SSSR count). The lowest BCUT2D eigenvalue weighted by atomic mass is 9.86. The molecule has 2 unspecified atom stereocenters. The van der Waals surface area contributed by atoms with Crippen LogP contribution < -0.4 is 20.7 Å². The molecule has 4 amide bonds. The fourth-order valence-corrected chi connectivity index (χ4v) is 6.03. The summed E-state index contributed by atoms with van der Waals surface area (Å²) < 4.78 is 16.8. The first-order valence-electron chi connectivity index (χ1n) is 16.7. The van der Waals surface area contributed by atoms with Gasteiger partial charge in [0.1, 0.15) is 24.0 Å². The summed E-state index contributed by atoms with van der Waals surface area (Å²) in [5.41, 5.74) is 0.991. The third-order valence-electron chi connectivity index (χ3n) is 8.34. The number of benzene rings is 2. The Morgan fingerprint density at radius 2 is 1.67 bits per heavy atom. The third-order valence-corrected chi connectivity index (χ3v) is 8.34. The van der Waals surface area contributed by atoms with Gasteiger partial charge in [-0.1, -0.05) is 42.5 Å². The molecule has 0 spiro atoms. The van der Waals surface area contributed by atoms with E-state index in [4.69, 9.17) is 14.2 Å². The number of esters is 1. The first-order chi connectivity index (χ1) is 22.9. The number of alkyl carbamates (subject to hydrolysis) is 1. The Labute approximate surface area is 282 Å². The van der Waals surface area contributed by atoms with E-state index in [1.54, 1.807) is 25.7 Å². The summed E-state index contributed by atoms with van der Waals surface area (Å²) in [5, 5.41) is 8.08. The summed E-state index contributed by atoms with van der Waals surface area (Å²) in [5.74, 6) is -2.20. The minimum Gasteiger partial charge on any atom is -0.494 e. The summed E-state index contributed by atoms with van der Waals surface area (Å²) in [6.07, 6.45) is 1.50. The normalized spacial score (nSPS) is 21.0. The number of hydrogen-bond acceptors (Lipinski definition) is 8. The highest BCUT2D eigenvalue weighted by Gasteiger charge is 2.48. The largest absolute Gasteiger partial charge is 0.494 e. The molecule has 0 saturated carbocycles. The van der Waals surface area contributed by atoms with Crippen LogP contribution in [0.5, 0.6) is 5.75 Å². The maximum absolute atomic E-state index is 14.0. The van der Waals surface area contributed by atoms with Crippen LogP contribution in [0.2, 0.25) is 0 Å². The maximum atomic E-state index is 14.0. The van der Waals surface area contributed by atoms with Gasteiger partial charge in [-0.2, -0.15) is 0 Å². The Kier molecular flexibility index (Phi) is 12.8. The van der Waals surface area contributed by atoms with Gasteiger partial charge in [0.05, 0.1) is 25.0 Å². The van der Waals surface area contributed by atoms with E-state index in [2.05, 4.69) is 16.0 Å². The molecule has 48 heavy (non-hydrogen) atoms. The molecule has 260 valence electrons. The van der Waals surface area contributed by atoms with Crippen molar-refractivity contribution in [2.45, 2.75) is 84.1 Å². The molecule has 1 saturated heterocycles. The molecule has 12 heteroatoms. The van der Waals surface area contributed by atoms with Gasteiger partial charge in [0.15, 0.2) is 0 Å². The van der Waals surface area contributed by atoms with E-state index >= 15 is 0 Å². The predicted octanol–water partition coefficient (Wildman–Crippen LogP) is 3.51. The fraction of sp³-hybridized carbons (Fsp3) is 0.528. The first kappa shape index (κ1) is 36.2. The van der Waals surface area contributed by atoms with E-state index in [1.165, 1.54) is 0 Å². The zero-order chi connectivity index (χ0) is 34.7. The van der Waals surface area contributed by atoms with Gasteiger partial charge in [-0.05, 0) is 76.6 Å². The molecule has 4 atom stereocenters. The van der Waals surface area contributed by atoms with Gasteiger partial charge >= 0.3 is 12.1 Å². The van der Waals surface area contributed by atoms with E-state index in [0.717, 1.165) is 11.1 Å². The number of carbonyl (C=O) groups is 5. The van der Waals surface area contributed by atoms with Crippen molar-refractivity contribution in [2.24, 2.45) is 11.8 Å². The van der Waals surface area contributed by atoms with E-state index < -0.39 is 47.4 Å². The zero-order valence-electron chi connectivity index (χ0n) is 28.3. The van der Waals surface area contributed by atoms with Crippen molar-refractivity contribution in [3.05, 3.63) is 65.7 Å². The van der Waals surface area contributed by atoms with Gasteiger partial charge in [-0.15, -0.1) is 0 Å². The molecule has 3 N–H and O–H groups in total. The van der Waals surface area contributed by atoms with Crippen molar-refractivity contribution in [3.8, 4) is 5.75 Å². The zero-order valence-corrected chi connectivity index (χ0v) is 28.3. The summed E-state index contributed by atoms with van der Waals surface area (Å²) in [7, 11) is 0. The van der Waals surface area contributed by atoms with E-state index in [9.17, 15) is 24.0 Å². The van der Waals surface area contributed by atoms with Crippen LogP contribution in [0.25, 0.3) is 0 Å². The van der Waals surface area contributed by atoms with Crippen LogP contribution in [0.1, 0.15) is 64.5 Å². The average Bonchev–Trinajstić information content (AvgIpc) is 3.33. The summed E-state index contributed by atoms with van der Waals surface area (Å²) in [6, 6.07) is 15.5. The number of nitrogens with zero attached hydrogens (tertiary/aromatic N) is 1. The second kappa shape index (κ2) is 17.0. The lowest BCUT2D eigenvalue weighted by molar-refractivity contribution is -0.164. The van der Waals surface area contributed by atoms with Crippen LogP contribution in [0.4, 0.5) is 4.79 Å². The van der Waals surface area contributed by atoms with Gasteiger partial charge in [-0.25, -0.2) is 4.79 Å². The van der Waals surface area contributed by atoms with Gasteiger partial charge in [0, 0.05) is 25.6 Å². The second-order valence-corrected chi connectivity index (χ2v) is 13.3. The van der Waals surface area contributed by atoms with Crippen molar-refractivity contribution in [1.29, 1.82) is 0 Å². The van der Waals surface area contributed by atoms with Crippen molar-refractivity contribution in [2.75, 3.05) is 26.2 Å². The van der Waals surface area contributed by atoms with Gasteiger partial charge in [0.25, 0.3) is 0 Å². The molecule has 0 aromatic heterocycles. The van der Waals surface area contributed by atoms with Gasteiger partial charge in [0.2, 0.25) is 17.7 Å². The average molecular weight is 665 g/mol. The lowest BCUT2D eigenvalue weighted by Crippen LogP contribution is -2.53. The Morgan fingerprint density at radius 3 is 2.38 bits per heavy atom. The first-order valence-corrected chi connectivity index (χ1v) is 16.7. The SMILES string of the molecule is CC1C[C@H]2C(=O)N1C(C(=O)NCC(=O)NCCCNC(=O)OCc1ccccc1)Cc1ccc(cc1)OCCC[C@@H]2C(=O)OC(C)(C)C. The van der Waals surface area contributed by atoms with Crippen molar-refractivity contribution in [1.82, 2.24) is 20.9 Å². The van der Waals surface area contributed by atoms with E-state index in [0.29, 0.717) is 44.6 Å². The van der Waals surface area contributed by atoms with E-state index in [-0.39, 0.29) is 38.1 Å². The Balaban J connectivity index is 1.34. The molecule has 4 bridgehead atoms. The topological polar surface area (TPSA) is 152 Å². The number of rotatable bonds is 10. The monoisotopic (exact) mass is 664 g/mol. The van der Waals surface area contributed by atoms with Crippen molar-refractivity contribution >= 4 is 29.8 Å². The number of ether oxygens (including phenoxy) is 3. The van der Waals surface area contributed by atoms with Crippen LogP contribution in [0.3, 0.4) is 0 Å². The fourth-order valence-electron chi connectivity index (χ4n) is 6.03. The summed E-state index contributed by atoms with van der Waals surface area (Å²) >= 11 is 0. The second-order valence-electron chi connectivity index (χ2n) is 13.3. The summed E-state index contributed by atoms with van der Waals surface area (Å²) in [6.45, 7) is 8.12. The minimum atomic E-state index is -0.898. The van der Waals surface area contributed by atoms with E-state index in [1.807, 2.05) is 61.5 Å². The van der Waals surface area contributed by atoms with Crippen molar-refractivity contribution in [3.63, 3.8) is 0 Å². The number of fused-ring (bicyclic) bond motifs is 7. The molecule has 2 aromatic rings. The predicted molar refractivity (Wildman–Crippen MR) is 178 cm³/mol. The molecule has 0 aliphatic carbocycles. The molecule has 2 aromatic carbocycles. The van der Waals surface area contributed by atoms with Crippen LogP contribution in [-0.4, -0.2) is 78.6 Å². The Bertz CT molecular complexity index is 1410. The summed E-state index contributed by atoms with van der Waals surface area (Å²) in [4.78, 5) is 67.1. The molecular weight excluding hydrogens is 616 g/mol. The third kappa shape index (κ3) is 10.7. The highest BCUT2D eigenvalue weighted by atomic mass is 16.6. The van der Waals surface area contributed by atoms with Crippen LogP contribution in [0, 0.1) is 11.8 Å². The number of hydrogen-bond donors (Lipinski definition) is 3. The van der Waals surface area contributed by atoms with Crippen molar-refractivity contribution < 1.29 is 38.2 Å². The van der Waals surface area contributed by atoms with Crippen LogP contribution >= 0.6 is 0 Å². The smallest absolute Gasteiger partial charge is 0.407 e. The standard InChI is InChI=1S/C36H48N4O8/c1-24-20-29-28(34(44)48-36(2,3)4)12-8-19-46-27-15-13-25(14-16-27)21-30(40(24)33(29)43)32(42)39-22-31(41)37-17-9-18-38-35(45)47-23-26-10-6-5-7-11-26/h5-7,10-11,13-16,24,28-30H,8-9,12,17-23H2,1-4H3,(H,37,41)(H,38,45)(H,39,42)/t24?,28-,29+,30?/m0/s1. The molecule has 0 radical (unpaired) electrons.